The van der Waals surface area contributed by atoms with E-state index in [1.165, 1.54) is 0 Å². The molecule has 0 atom stereocenters. The Balaban J connectivity index is 2.13. The first kappa shape index (κ1) is 14.2. The molecule has 1 heterocycles. The molecule has 110 valence electrons. The maximum absolute atomic E-state index is 4.67. The molecule has 3 aromatic rings. The van der Waals surface area contributed by atoms with Crippen molar-refractivity contribution in [1.29, 1.82) is 0 Å². The minimum absolute atomic E-state index is 0.257. The van der Waals surface area contributed by atoms with Crippen molar-refractivity contribution in [2.75, 3.05) is 5.32 Å². The van der Waals surface area contributed by atoms with Gasteiger partial charge in [-0.05, 0) is 13.8 Å². The number of anilines is 1. The molecular formula is C18H18N4. The van der Waals surface area contributed by atoms with Crippen LogP contribution < -0.4 is 5.32 Å². The molecule has 0 saturated heterocycles. The van der Waals surface area contributed by atoms with Crippen LogP contribution in [-0.2, 0) is 0 Å². The highest BCUT2D eigenvalue weighted by molar-refractivity contribution is 5.77. The third-order valence-corrected chi connectivity index (χ3v) is 3.20. The van der Waals surface area contributed by atoms with Crippen LogP contribution in [0, 0.1) is 0 Å². The molecule has 0 saturated carbocycles. The fraction of sp³-hybridized carbons (Fsp3) is 0.167. The molecule has 0 bridgehead atoms. The average molecular weight is 290 g/mol. The highest BCUT2D eigenvalue weighted by atomic mass is 15.2. The van der Waals surface area contributed by atoms with E-state index in [1.54, 1.807) is 0 Å². The topological polar surface area (TPSA) is 50.7 Å². The molecule has 4 nitrogen and oxygen atoms in total. The van der Waals surface area contributed by atoms with E-state index in [-0.39, 0.29) is 6.04 Å². The Bertz CT molecular complexity index is 740. The number of benzene rings is 2. The summed E-state index contributed by atoms with van der Waals surface area (Å²) in [5.74, 6) is 0.550. The van der Waals surface area contributed by atoms with Crippen molar-refractivity contribution in [1.82, 2.24) is 15.2 Å². The zero-order valence-corrected chi connectivity index (χ0v) is 12.7. The third kappa shape index (κ3) is 3.11. The Morgan fingerprint density at radius 2 is 1.27 bits per heavy atom. The molecule has 0 amide bonds. The third-order valence-electron chi connectivity index (χ3n) is 3.20. The smallest absolute Gasteiger partial charge is 0.243 e. The number of nitrogens with one attached hydrogen (secondary N) is 1. The predicted molar refractivity (Wildman–Crippen MR) is 89.5 cm³/mol. The monoisotopic (exact) mass is 290 g/mol. The first-order valence-electron chi connectivity index (χ1n) is 7.36. The maximum Gasteiger partial charge on any atom is 0.243 e. The van der Waals surface area contributed by atoms with Crippen LogP contribution in [0.25, 0.3) is 22.5 Å². The highest BCUT2D eigenvalue weighted by Crippen LogP contribution is 2.28. The van der Waals surface area contributed by atoms with E-state index in [1.807, 2.05) is 60.7 Å². The van der Waals surface area contributed by atoms with Gasteiger partial charge in [-0.15, -0.1) is 10.2 Å². The van der Waals surface area contributed by atoms with Gasteiger partial charge in [0.2, 0.25) is 5.95 Å². The van der Waals surface area contributed by atoms with E-state index < -0.39 is 0 Å². The molecule has 0 fully saturated rings. The van der Waals surface area contributed by atoms with Crippen molar-refractivity contribution in [3.05, 3.63) is 60.7 Å². The quantitative estimate of drug-likeness (QED) is 0.788. The van der Waals surface area contributed by atoms with Gasteiger partial charge in [0, 0.05) is 17.2 Å². The van der Waals surface area contributed by atoms with Gasteiger partial charge >= 0.3 is 0 Å². The number of hydrogen-bond donors (Lipinski definition) is 1. The van der Waals surface area contributed by atoms with E-state index in [2.05, 4.69) is 34.3 Å². The molecule has 0 unspecified atom stereocenters. The van der Waals surface area contributed by atoms with Crippen molar-refractivity contribution < 1.29 is 0 Å². The predicted octanol–water partition coefficient (Wildman–Crippen LogP) is 4.03. The molecule has 1 aromatic heterocycles. The van der Waals surface area contributed by atoms with Crippen molar-refractivity contribution in [3.8, 4) is 22.5 Å². The summed E-state index contributed by atoms with van der Waals surface area (Å²) in [5.41, 5.74) is 3.67. The standard InChI is InChI=1S/C18H18N4/c1-13(2)19-18-20-16(14-9-5-3-6-10-14)17(21-22-18)15-11-7-4-8-12-15/h3-13H,1-2H3,(H,19,20,22). The Kier molecular flexibility index (Phi) is 4.10. The lowest BCUT2D eigenvalue weighted by molar-refractivity contribution is 0.854. The summed E-state index contributed by atoms with van der Waals surface area (Å²) >= 11 is 0. The van der Waals surface area contributed by atoms with Gasteiger partial charge in [-0.1, -0.05) is 60.7 Å². The van der Waals surface area contributed by atoms with E-state index >= 15 is 0 Å². The van der Waals surface area contributed by atoms with Gasteiger partial charge in [0.25, 0.3) is 0 Å². The molecule has 0 aliphatic rings. The molecule has 1 N–H and O–H groups in total. The fourth-order valence-electron chi connectivity index (χ4n) is 2.23. The van der Waals surface area contributed by atoms with Gasteiger partial charge < -0.3 is 5.32 Å². The van der Waals surface area contributed by atoms with Crippen LogP contribution in [0.2, 0.25) is 0 Å². The lowest BCUT2D eigenvalue weighted by atomic mass is 10.0. The van der Waals surface area contributed by atoms with Crippen molar-refractivity contribution in [2.45, 2.75) is 19.9 Å². The molecule has 22 heavy (non-hydrogen) atoms. The average Bonchev–Trinajstić information content (AvgIpc) is 2.56. The van der Waals surface area contributed by atoms with Gasteiger partial charge in [0.05, 0.1) is 0 Å². The molecule has 0 radical (unpaired) electrons. The van der Waals surface area contributed by atoms with E-state index in [0.29, 0.717) is 5.95 Å². The largest absolute Gasteiger partial charge is 0.351 e. The summed E-state index contributed by atoms with van der Waals surface area (Å²) < 4.78 is 0. The minimum atomic E-state index is 0.257. The fourth-order valence-corrected chi connectivity index (χ4v) is 2.23. The van der Waals surface area contributed by atoms with Crippen LogP contribution in [0.15, 0.2) is 60.7 Å². The number of rotatable bonds is 4. The second-order valence-electron chi connectivity index (χ2n) is 5.36. The molecular weight excluding hydrogens is 272 g/mol. The normalized spacial score (nSPS) is 10.7. The van der Waals surface area contributed by atoms with Gasteiger partial charge in [0.1, 0.15) is 11.4 Å². The summed E-state index contributed by atoms with van der Waals surface area (Å²) in [5, 5.41) is 11.8. The van der Waals surface area contributed by atoms with Gasteiger partial charge in [0.15, 0.2) is 0 Å². The zero-order chi connectivity index (χ0) is 15.4. The second-order valence-corrected chi connectivity index (χ2v) is 5.36. The van der Waals surface area contributed by atoms with E-state index in [9.17, 15) is 0 Å². The van der Waals surface area contributed by atoms with Gasteiger partial charge in [-0.25, -0.2) is 4.98 Å². The SMILES string of the molecule is CC(C)Nc1nnc(-c2ccccc2)c(-c2ccccc2)n1. The maximum atomic E-state index is 4.67. The molecule has 2 aromatic carbocycles. The summed E-state index contributed by atoms with van der Waals surface area (Å²) in [6, 6.07) is 20.3. The summed E-state index contributed by atoms with van der Waals surface area (Å²) in [7, 11) is 0. The van der Waals surface area contributed by atoms with Crippen molar-refractivity contribution in [3.63, 3.8) is 0 Å². The Morgan fingerprint density at radius 3 is 1.82 bits per heavy atom. The lowest BCUT2D eigenvalue weighted by Gasteiger charge is -2.12. The number of aromatic nitrogens is 3. The number of nitrogens with zero attached hydrogens (tertiary/aromatic N) is 3. The Morgan fingerprint density at radius 1 is 0.727 bits per heavy atom. The molecule has 4 heteroatoms. The Hall–Kier alpha value is -2.75. The second kappa shape index (κ2) is 6.35. The molecule has 0 spiro atoms. The van der Waals surface area contributed by atoms with Crippen LogP contribution in [0.5, 0.6) is 0 Å². The first-order chi connectivity index (χ1) is 10.7. The summed E-state index contributed by atoms with van der Waals surface area (Å²) in [6.07, 6.45) is 0. The summed E-state index contributed by atoms with van der Waals surface area (Å²) in [4.78, 5) is 4.67. The van der Waals surface area contributed by atoms with Crippen LogP contribution in [-0.4, -0.2) is 21.2 Å². The van der Waals surface area contributed by atoms with Crippen molar-refractivity contribution in [2.24, 2.45) is 0 Å². The van der Waals surface area contributed by atoms with Crippen molar-refractivity contribution >= 4 is 5.95 Å². The molecule has 0 aliphatic carbocycles. The van der Waals surface area contributed by atoms with Crippen LogP contribution in [0.3, 0.4) is 0 Å². The molecule has 3 rings (SSSR count). The Labute approximate surface area is 130 Å². The molecule has 0 aliphatic heterocycles. The van der Waals surface area contributed by atoms with Gasteiger partial charge in [-0.3, -0.25) is 0 Å². The first-order valence-corrected chi connectivity index (χ1v) is 7.36. The zero-order valence-electron chi connectivity index (χ0n) is 12.7. The summed E-state index contributed by atoms with van der Waals surface area (Å²) in [6.45, 7) is 4.10. The lowest BCUT2D eigenvalue weighted by Crippen LogP contribution is -2.14. The van der Waals surface area contributed by atoms with E-state index in [4.69, 9.17) is 0 Å². The van der Waals surface area contributed by atoms with Crippen LogP contribution in [0.4, 0.5) is 5.95 Å². The minimum Gasteiger partial charge on any atom is -0.351 e. The van der Waals surface area contributed by atoms with Crippen LogP contribution >= 0.6 is 0 Å². The van der Waals surface area contributed by atoms with E-state index in [0.717, 1.165) is 22.5 Å². The van der Waals surface area contributed by atoms with Crippen LogP contribution in [0.1, 0.15) is 13.8 Å². The number of hydrogen-bond acceptors (Lipinski definition) is 4. The van der Waals surface area contributed by atoms with Gasteiger partial charge in [-0.2, -0.15) is 0 Å². The highest BCUT2D eigenvalue weighted by Gasteiger charge is 2.13.